The lowest BCUT2D eigenvalue weighted by Gasteiger charge is -2.24. The topological polar surface area (TPSA) is 9.86 Å². The number of hydrogen-bond acceptors (Lipinski definition) is 0. The Hall–Kier alpha value is -7.42. The number of rotatable bonds is 7. The molecule has 10 aromatic rings. The van der Waals surface area contributed by atoms with Crippen LogP contribution in [0.2, 0.25) is 0 Å². The van der Waals surface area contributed by atoms with Crippen LogP contribution in [0, 0.1) is 5.92 Å². The van der Waals surface area contributed by atoms with Gasteiger partial charge < -0.3 is 9.13 Å². The highest BCUT2D eigenvalue weighted by atomic mass is 15.0. The van der Waals surface area contributed by atoms with Gasteiger partial charge in [0.05, 0.1) is 16.6 Å². The summed E-state index contributed by atoms with van der Waals surface area (Å²) in [6.45, 7) is 0. The molecule has 62 heavy (non-hydrogen) atoms. The molecule has 0 saturated carbocycles. The molecule has 2 heteroatoms. The summed E-state index contributed by atoms with van der Waals surface area (Å²) in [7, 11) is 0. The van der Waals surface area contributed by atoms with Crippen LogP contribution in [0.1, 0.15) is 36.9 Å². The van der Waals surface area contributed by atoms with E-state index in [1.807, 2.05) is 0 Å². The van der Waals surface area contributed by atoms with Crippen molar-refractivity contribution in [2.45, 2.75) is 32.1 Å². The second-order valence-corrected chi connectivity index (χ2v) is 17.1. The lowest BCUT2D eigenvalue weighted by molar-refractivity contribution is 0.618. The zero-order chi connectivity index (χ0) is 41.0. The minimum absolute atomic E-state index is 0.465. The first-order valence-electron chi connectivity index (χ1n) is 22.2. The smallest absolute Gasteiger partial charge is 0.0541 e. The summed E-state index contributed by atoms with van der Waals surface area (Å²) in [6.07, 6.45) is 13.5. The predicted molar refractivity (Wildman–Crippen MR) is 262 cm³/mol. The van der Waals surface area contributed by atoms with Gasteiger partial charge in [-0.05, 0) is 149 Å². The van der Waals surface area contributed by atoms with Crippen LogP contribution in [0.3, 0.4) is 0 Å². The maximum atomic E-state index is 2.53. The Labute approximate surface area is 363 Å². The van der Waals surface area contributed by atoms with Crippen LogP contribution in [0.15, 0.2) is 212 Å². The molecule has 2 aromatic heterocycles. The lowest BCUT2D eigenvalue weighted by atomic mass is 9.82. The van der Waals surface area contributed by atoms with E-state index in [1.165, 1.54) is 120 Å². The average molecular weight is 795 g/mol. The van der Waals surface area contributed by atoms with E-state index in [9.17, 15) is 0 Å². The van der Waals surface area contributed by atoms with Gasteiger partial charge in [0.1, 0.15) is 0 Å². The fourth-order valence-corrected chi connectivity index (χ4v) is 10.4. The summed E-state index contributed by atoms with van der Waals surface area (Å²) in [6, 6.07) is 71.5. The molecule has 0 spiro atoms. The van der Waals surface area contributed by atoms with Gasteiger partial charge in [-0.25, -0.2) is 0 Å². The first-order valence-corrected chi connectivity index (χ1v) is 22.2. The van der Waals surface area contributed by atoms with Crippen LogP contribution in [0.5, 0.6) is 0 Å². The molecule has 296 valence electrons. The summed E-state index contributed by atoms with van der Waals surface area (Å²) < 4.78 is 4.96. The molecule has 8 aromatic carbocycles. The normalized spacial score (nSPS) is 15.0. The summed E-state index contributed by atoms with van der Waals surface area (Å²) in [4.78, 5) is 0. The molecule has 2 aliphatic carbocycles. The minimum Gasteiger partial charge on any atom is -0.310 e. The third kappa shape index (κ3) is 6.34. The predicted octanol–water partition coefficient (Wildman–Crippen LogP) is 16.1. The van der Waals surface area contributed by atoms with Crippen molar-refractivity contribution in [3.63, 3.8) is 0 Å². The third-order valence-corrected chi connectivity index (χ3v) is 13.5. The molecule has 2 nitrogen and oxygen atoms in total. The number of fused-ring (bicyclic) bond motifs is 6. The van der Waals surface area contributed by atoms with E-state index in [0.717, 1.165) is 12.1 Å². The molecule has 1 unspecified atom stereocenters. The van der Waals surface area contributed by atoms with Gasteiger partial charge in [0.25, 0.3) is 0 Å². The minimum atomic E-state index is 0.465. The molecule has 2 aliphatic rings. The number of nitrogens with zero attached hydrogens (tertiary/aromatic N) is 2. The molecule has 0 saturated heterocycles. The summed E-state index contributed by atoms with van der Waals surface area (Å²) >= 11 is 0. The van der Waals surface area contributed by atoms with Gasteiger partial charge in [-0.1, -0.05) is 151 Å². The second-order valence-electron chi connectivity index (χ2n) is 17.1. The van der Waals surface area contributed by atoms with Crippen LogP contribution >= 0.6 is 0 Å². The third-order valence-electron chi connectivity index (χ3n) is 13.5. The maximum absolute atomic E-state index is 2.53. The zero-order valence-corrected chi connectivity index (χ0v) is 34.7. The van der Waals surface area contributed by atoms with Gasteiger partial charge in [0.15, 0.2) is 0 Å². The molecule has 0 N–H and O–H groups in total. The first-order chi connectivity index (χ1) is 30.7. The van der Waals surface area contributed by atoms with Crippen LogP contribution in [0.4, 0.5) is 0 Å². The molecule has 0 fully saturated rings. The summed E-state index contributed by atoms with van der Waals surface area (Å²) in [5.74, 6) is 0.465. The van der Waals surface area contributed by atoms with Gasteiger partial charge >= 0.3 is 0 Å². The number of aromatic nitrogens is 2. The number of hydrogen-bond donors (Lipinski definition) is 0. The Bertz CT molecular complexity index is 3260. The van der Waals surface area contributed by atoms with Gasteiger partial charge in [-0.3, -0.25) is 0 Å². The van der Waals surface area contributed by atoms with Crippen molar-refractivity contribution in [2.75, 3.05) is 0 Å². The fraction of sp³-hybridized carbons (Fsp3) is 0.100. The monoisotopic (exact) mass is 794 g/mol. The van der Waals surface area contributed by atoms with E-state index < -0.39 is 0 Å². The van der Waals surface area contributed by atoms with Crippen molar-refractivity contribution in [1.29, 1.82) is 0 Å². The van der Waals surface area contributed by atoms with Crippen molar-refractivity contribution >= 4 is 38.8 Å². The van der Waals surface area contributed by atoms with E-state index >= 15 is 0 Å². The Morgan fingerprint density at radius 1 is 0.387 bits per heavy atom. The number of allylic oxidation sites excluding steroid dienone is 3. The average Bonchev–Trinajstić information content (AvgIpc) is 3.86. The highest BCUT2D eigenvalue weighted by Crippen LogP contribution is 2.42. The molecule has 2 heterocycles. The highest BCUT2D eigenvalue weighted by Gasteiger charge is 2.26. The van der Waals surface area contributed by atoms with Crippen LogP contribution < -0.4 is 0 Å². The van der Waals surface area contributed by atoms with Crippen LogP contribution in [0.25, 0.3) is 94.7 Å². The Morgan fingerprint density at radius 2 is 0.855 bits per heavy atom. The molecule has 0 radical (unpaired) electrons. The molecular formula is C60H46N2. The quantitative estimate of drug-likeness (QED) is 0.142. The van der Waals surface area contributed by atoms with Crippen molar-refractivity contribution in [3.8, 4) is 55.9 Å². The SMILES string of the molecule is C1=CC(C2=CCCCC2)Cc2c1n(-c1cccc(-c3cccc(-n4c5ccc(-c6ccccc6)cc5c5cc(-c6ccccc6)ccc54)c3)c1)c1ccc(-c3ccccc3)cc21. The van der Waals surface area contributed by atoms with Crippen molar-refractivity contribution in [3.05, 3.63) is 223 Å². The zero-order valence-electron chi connectivity index (χ0n) is 34.7. The van der Waals surface area contributed by atoms with E-state index in [2.05, 4.69) is 221 Å². The second kappa shape index (κ2) is 15.2. The van der Waals surface area contributed by atoms with Crippen LogP contribution in [-0.2, 0) is 6.42 Å². The molecule has 0 aliphatic heterocycles. The van der Waals surface area contributed by atoms with Crippen molar-refractivity contribution in [1.82, 2.24) is 9.13 Å². The summed E-state index contributed by atoms with van der Waals surface area (Å²) in [5.41, 5.74) is 20.2. The summed E-state index contributed by atoms with van der Waals surface area (Å²) in [5, 5.41) is 3.86. The van der Waals surface area contributed by atoms with E-state index in [1.54, 1.807) is 5.57 Å². The Balaban J connectivity index is 0.982. The van der Waals surface area contributed by atoms with Gasteiger partial charge in [-0.2, -0.15) is 0 Å². The van der Waals surface area contributed by atoms with Crippen molar-refractivity contribution in [2.24, 2.45) is 5.92 Å². The van der Waals surface area contributed by atoms with Gasteiger partial charge in [0.2, 0.25) is 0 Å². The van der Waals surface area contributed by atoms with E-state index in [4.69, 9.17) is 0 Å². The van der Waals surface area contributed by atoms with Crippen molar-refractivity contribution < 1.29 is 0 Å². The molecule has 1 atom stereocenters. The molecule has 0 amide bonds. The Morgan fingerprint density at radius 3 is 1.37 bits per heavy atom. The van der Waals surface area contributed by atoms with E-state index in [-0.39, 0.29) is 0 Å². The Kier molecular flexibility index (Phi) is 8.96. The maximum Gasteiger partial charge on any atom is 0.0541 e. The first kappa shape index (κ1) is 36.4. The standard InChI is InChI=1S/C60H46N2/c1-5-15-41(16-6-1)47-27-31-57-53(37-47)54-38-48(42-17-7-2-8-18-42)28-32-58(54)61(57)51-25-13-23-45(35-51)46-24-14-26-52(36-46)62-59-33-29-49(43-19-9-3-10-20-43)39-55(59)56-40-50(30-34-60(56)62)44-21-11-4-12-22-44/h1-3,5-10,13-21,23-39,50H,4,11-12,22,40H2. The largest absolute Gasteiger partial charge is 0.310 e. The number of benzene rings is 8. The van der Waals surface area contributed by atoms with Gasteiger partial charge in [0, 0.05) is 39.1 Å². The van der Waals surface area contributed by atoms with Crippen LogP contribution in [-0.4, -0.2) is 9.13 Å². The van der Waals surface area contributed by atoms with E-state index in [0.29, 0.717) is 5.92 Å². The highest BCUT2D eigenvalue weighted by molar-refractivity contribution is 6.11. The molecule has 0 bridgehead atoms. The lowest BCUT2D eigenvalue weighted by Crippen LogP contribution is -2.12. The van der Waals surface area contributed by atoms with Gasteiger partial charge in [-0.15, -0.1) is 0 Å². The fourth-order valence-electron chi connectivity index (χ4n) is 10.4. The molecule has 12 rings (SSSR count). The molecular weight excluding hydrogens is 749 g/mol.